The first-order valence-electron chi connectivity index (χ1n) is 6.65. The molecule has 5 nitrogen and oxygen atoms in total. The van der Waals surface area contributed by atoms with Gasteiger partial charge in [0.1, 0.15) is 0 Å². The Kier molecular flexibility index (Phi) is 4.59. The summed E-state index contributed by atoms with van der Waals surface area (Å²) in [6.45, 7) is 6.81. The minimum Gasteiger partial charge on any atom is -0.398 e. The van der Waals surface area contributed by atoms with Crippen molar-refractivity contribution < 1.29 is 8.42 Å². The van der Waals surface area contributed by atoms with Crippen LogP contribution in [0.2, 0.25) is 5.02 Å². The molecule has 1 fully saturated rings. The lowest BCUT2D eigenvalue weighted by Crippen LogP contribution is -2.53. The van der Waals surface area contributed by atoms with Crippen molar-refractivity contribution in [1.29, 1.82) is 0 Å². The van der Waals surface area contributed by atoms with Crippen LogP contribution < -0.4 is 5.73 Å². The van der Waals surface area contributed by atoms with Crippen LogP contribution in [-0.2, 0) is 10.0 Å². The zero-order valence-electron chi connectivity index (χ0n) is 11.7. The molecule has 2 rings (SSSR count). The van der Waals surface area contributed by atoms with Crippen LogP contribution in [0.5, 0.6) is 0 Å². The molecule has 0 saturated carbocycles. The molecule has 0 aromatic heterocycles. The first-order valence-corrected chi connectivity index (χ1v) is 8.47. The van der Waals surface area contributed by atoms with Crippen LogP contribution in [-0.4, -0.2) is 49.8 Å². The highest BCUT2D eigenvalue weighted by Gasteiger charge is 2.31. The molecule has 7 heteroatoms. The molecule has 1 saturated heterocycles. The largest absolute Gasteiger partial charge is 0.398 e. The van der Waals surface area contributed by atoms with Gasteiger partial charge in [-0.05, 0) is 31.7 Å². The molecule has 1 aliphatic rings. The maximum atomic E-state index is 12.6. The summed E-state index contributed by atoms with van der Waals surface area (Å²) in [5.41, 5.74) is 6.01. The highest BCUT2D eigenvalue weighted by molar-refractivity contribution is 7.89. The van der Waals surface area contributed by atoms with E-state index in [0.29, 0.717) is 18.8 Å². The number of hydrogen-bond acceptors (Lipinski definition) is 4. The number of sulfonamides is 1. The number of nitrogens with two attached hydrogens (primary N) is 1. The van der Waals surface area contributed by atoms with Gasteiger partial charge in [-0.2, -0.15) is 4.31 Å². The number of halogens is 1. The molecule has 0 bridgehead atoms. The van der Waals surface area contributed by atoms with Crippen molar-refractivity contribution in [1.82, 2.24) is 9.21 Å². The van der Waals surface area contributed by atoms with Crippen LogP contribution in [0, 0.1) is 0 Å². The van der Waals surface area contributed by atoms with E-state index in [-0.39, 0.29) is 16.0 Å². The summed E-state index contributed by atoms with van der Waals surface area (Å²) < 4.78 is 26.7. The van der Waals surface area contributed by atoms with E-state index in [4.69, 9.17) is 17.3 Å². The summed E-state index contributed by atoms with van der Waals surface area (Å²) in [5, 5.41) is 0.270. The molecule has 0 aliphatic carbocycles. The second kappa shape index (κ2) is 5.89. The molecule has 0 spiro atoms. The second-order valence-corrected chi connectivity index (χ2v) is 7.37. The molecule has 1 aliphatic heterocycles. The van der Waals surface area contributed by atoms with Crippen molar-refractivity contribution in [2.75, 3.05) is 31.9 Å². The average molecular weight is 318 g/mol. The van der Waals surface area contributed by atoms with Gasteiger partial charge in [-0.15, -0.1) is 0 Å². The molecular formula is C13H20ClN3O2S. The fourth-order valence-corrected chi connectivity index (χ4v) is 4.25. The Hall–Kier alpha value is -0.820. The summed E-state index contributed by atoms with van der Waals surface area (Å²) in [5.74, 6) is 0. The number of likely N-dealkylation sites (N-methyl/N-ethyl adjacent to an activating group) is 1. The number of benzene rings is 1. The molecule has 0 radical (unpaired) electrons. The zero-order valence-corrected chi connectivity index (χ0v) is 13.3. The molecule has 1 aromatic rings. The smallest absolute Gasteiger partial charge is 0.243 e. The summed E-state index contributed by atoms with van der Waals surface area (Å²) in [6.07, 6.45) is 0. The Bertz CT molecular complexity index is 591. The van der Waals surface area contributed by atoms with Gasteiger partial charge in [0, 0.05) is 25.7 Å². The number of hydrogen-bond donors (Lipinski definition) is 1. The lowest BCUT2D eigenvalue weighted by Gasteiger charge is -2.38. The summed E-state index contributed by atoms with van der Waals surface area (Å²) in [4.78, 5) is 2.47. The number of rotatable bonds is 3. The summed E-state index contributed by atoms with van der Waals surface area (Å²) in [7, 11) is -3.50. The standard InChI is InChI=1S/C13H20ClN3O2S/c1-3-16-6-7-17(9-10(16)2)20(18,19)11-4-5-13(15)12(14)8-11/h4-5,8,10H,3,6-7,9,15H2,1-2H3. The van der Waals surface area contributed by atoms with Crippen LogP contribution in [0.1, 0.15) is 13.8 Å². The Morgan fingerprint density at radius 3 is 2.65 bits per heavy atom. The third kappa shape index (κ3) is 2.93. The predicted molar refractivity (Wildman–Crippen MR) is 81.3 cm³/mol. The lowest BCUT2D eigenvalue weighted by atomic mass is 10.2. The monoisotopic (exact) mass is 317 g/mol. The summed E-state index contributed by atoms with van der Waals surface area (Å²) in [6, 6.07) is 4.67. The Balaban J connectivity index is 2.25. The number of piperazine rings is 1. The average Bonchev–Trinajstić information content (AvgIpc) is 2.41. The quantitative estimate of drug-likeness (QED) is 0.861. The van der Waals surface area contributed by atoms with Gasteiger partial charge in [-0.25, -0.2) is 8.42 Å². The van der Waals surface area contributed by atoms with Crippen molar-refractivity contribution >= 4 is 27.3 Å². The highest BCUT2D eigenvalue weighted by atomic mass is 35.5. The zero-order chi connectivity index (χ0) is 14.9. The van der Waals surface area contributed by atoms with Crippen LogP contribution in [0.25, 0.3) is 0 Å². The third-order valence-corrected chi connectivity index (χ3v) is 5.93. The maximum Gasteiger partial charge on any atom is 0.243 e. The fraction of sp³-hybridized carbons (Fsp3) is 0.538. The number of anilines is 1. The Labute approximate surface area is 125 Å². The molecule has 0 amide bonds. The van der Waals surface area contributed by atoms with E-state index in [1.807, 2.05) is 6.92 Å². The maximum absolute atomic E-state index is 12.6. The van der Waals surface area contributed by atoms with Gasteiger partial charge in [0.15, 0.2) is 0 Å². The minimum absolute atomic E-state index is 0.203. The fourth-order valence-electron chi connectivity index (χ4n) is 2.47. The van der Waals surface area contributed by atoms with Gasteiger partial charge < -0.3 is 5.73 Å². The van der Waals surface area contributed by atoms with Gasteiger partial charge in [-0.1, -0.05) is 18.5 Å². The normalized spacial score (nSPS) is 22.1. The molecular weight excluding hydrogens is 298 g/mol. The predicted octanol–water partition coefficient (Wildman–Crippen LogP) is 1.64. The first-order chi connectivity index (χ1) is 9.36. The van der Waals surface area contributed by atoms with Gasteiger partial charge in [0.05, 0.1) is 15.6 Å². The van der Waals surface area contributed by atoms with E-state index < -0.39 is 10.0 Å². The Morgan fingerprint density at radius 1 is 1.40 bits per heavy atom. The molecule has 1 atom stereocenters. The minimum atomic E-state index is -3.50. The first kappa shape index (κ1) is 15.6. The molecule has 2 N–H and O–H groups in total. The van der Waals surface area contributed by atoms with Crippen molar-refractivity contribution in [3.63, 3.8) is 0 Å². The second-order valence-electron chi connectivity index (χ2n) is 5.02. The molecule has 1 heterocycles. The van der Waals surface area contributed by atoms with Crippen LogP contribution in [0.15, 0.2) is 23.1 Å². The molecule has 1 aromatic carbocycles. The van der Waals surface area contributed by atoms with E-state index in [2.05, 4.69) is 11.8 Å². The van der Waals surface area contributed by atoms with Crippen LogP contribution >= 0.6 is 11.6 Å². The highest BCUT2D eigenvalue weighted by Crippen LogP contribution is 2.26. The van der Waals surface area contributed by atoms with E-state index >= 15 is 0 Å². The number of nitrogen functional groups attached to an aromatic ring is 1. The van der Waals surface area contributed by atoms with E-state index in [1.165, 1.54) is 22.5 Å². The van der Waals surface area contributed by atoms with E-state index in [9.17, 15) is 8.42 Å². The third-order valence-electron chi connectivity index (χ3n) is 3.74. The number of nitrogens with zero attached hydrogens (tertiary/aromatic N) is 2. The van der Waals surface area contributed by atoms with Crippen molar-refractivity contribution in [2.24, 2.45) is 0 Å². The molecule has 20 heavy (non-hydrogen) atoms. The van der Waals surface area contributed by atoms with E-state index in [0.717, 1.165) is 13.1 Å². The van der Waals surface area contributed by atoms with Crippen LogP contribution in [0.3, 0.4) is 0 Å². The topological polar surface area (TPSA) is 66.6 Å². The summed E-state index contributed by atoms with van der Waals surface area (Å²) >= 11 is 5.92. The van der Waals surface area contributed by atoms with Crippen molar-refractivity contribution in [3.8, 4) is 0 Å². The van der Waals surface area contributed by atoms with Crippen LogP contribution in [0.4, 0.5) is 5.69 Å². The molecule has 112 valence electrons. The van der Waals surface area contributed by atoms with Gasteiger partial charge in [0.2, 0.25) is 10.0 Å². The SMILES string of the molecule is CCN1CCN(S(=O)(=O)c2ccc(N)c(Cl)c2)CC1C. The van der Waals surface area contributed by atoms with Gasteiger partial charge in [0.25, 0.3) is 0 Å². The Morgan fingerprint density at radius 2 is 2.10 bits per heavy atom. The van der Waals surface area contributed by atoms with Crippen molar-refractivity contribution in [3.05, 3.63) is 23.2 Å². The van der Waals surface area contributed by atoms with E-state index in [1.54, 1.807) is 0 Å². The van der Waals surface area contributed by atoms with Gasteiger partial charge >= 0.3 is 0 Å². The molecule has 1 unspecified atom stereocenters. The van der Waals surface area contributed by atoms with Gasteiger partial charge in [-0.3, -0.25) is 4.90 Å². The lowest BCUT2D eigenvalue weighted by molar-refractivity contribution is 0.135. The van der Waals surface area contributed by atoms with Crippen molar-refractivity contribution in [2.45, 2.75) is 24.8 Å².